The van der Waals surface area contributed by atoms with Gasteiger partial charge in [0.25, 0.3) is 0 Å². The summed E-state index contributed by atoms with van der Waals surface area (Å²) in [6.07, 6.45) is 2.31. The third kappa shape index (κ3) is 1.74. The van der Waals surface area contributed by atoms with Crippen molar-refractivity contribution in [1.29, 1.82) is 0 Å². The average molecular weight is 313 g/mol. The maximum atomic E-state index is 11.7. The van der Waals surface area contributed by atoms with Crippen molar-refractivity contribution in [3.63, 3.8) is 0 Å². The monoisotopic (exact) mass is 312 g/mol. The van der Waals surface area contributed by atoms with E-state index in [4.69, 9.17) is 4.74 Å². The fraction of sp³-hybridized carbons (Fsp3) is 0.500. The van der Waals surface area contributed by atoms with Crippen LogP contribution >= 0.6 is 15.9 Å². The number of benzene rings is 1. The summed E-state index contributed by atoms with van der Waals surface area (Å²) in [5, 5.41) is 9.59. The second-order valence-corrected chi connectivity index (χ2v) is 5.77. The van der Waals surface area contributed by atoms with E-state index in [-0.39, 0.29) is 0 Å². The number of hydrogen-bond donors (Lipinski definition) is 1. The molecule has 0 aromatic heterocycles. The van der Waals surface area contributed by atoms with Crippen molar-refractivity contribution in [2.75, 3.05) is 7.11 Å². The summed E-state index contributed by atoms with van der Waals surface area (Å²) in [7, 11) is 1.60. The van der Waals surface area contributed by atoms with E-state index >= 15 is 0 Å². The Kier molecular flexibility index (Phi) is 3.41. The fourth-order valence-corrected chi connectivity index (χ4v) is 3.41. The van der Waals surface area contributed by atoms with Crippen LogP contribution in [0.1, 0.15) is 36.0 Å². The third-order valence-electron chi connectivity index (χ3n) is 3.88. The number of carboxylic acids is 1. The summed E-state index contributed by atoms with van der Waals surface area (Å²) in [4.78, 5) is 11.7. The first-order chi connectivity index (χ1) is 8.44. The number of halogens is 1. The smallest absolute Gasteiger partial charge is 0.314 e. The largest absolute Gasteiger partial charge is 0.496 e. The Bertz CT molecular complexity index is 504. The van der Waals surface area contributed by atoms with E-state index in [2.05, 4.69) is 15.9 Å². The van der Waals surface area contributed by atoms with Crippen molar-refractivity contribution in [1.82, 2.24) is 0 Å². The minimum atomic E-state index is -0.777. The Morgan fingerprint density at radius 3 is 2.39 bits per heavy atom. The van der Waals surface area contributed by atoms with Gasteiger partial charge in [0.05, 0.1) is 12.5 Å². The molecule has 0 heterocycles. The summed E-state index contributed by atoms with van der Waals surface area (Å²) in [5.74, 6) is -0.0488. The average Bonchev–Trinajstić information content (AvgIpc) is 2.23. The van der Waals surface area contributed by atoms with E-state index in [1.54, 1.807) is 7.11 Å². The van der Waals surface area contributed by atoms with Crippen molar-refractivity contribution in [2.24, 2.45) is 0 Å². The summed E-state index contributed by atoms with van der Waals surface area (Å²) < 4.78 is 6.32. The van der Waals surface area contributed by atoms with Crippen LogP contribution in [-0.4, -0.2) is 18.2 Å². The predicted octanol–water partition coefficient (Wildman–Crippen LogP) is 3.58. The van der Waals surface area contributed by atoms with Gasteiger partial charge in [0.1, 0.15) is 5.75 Å². The molecule has 1 aromatic carbocycles. The number of methoxy groups -OCH3 is 1. The van der Waals surface area contributed by atoms with Gasteiger partial charge in [-0.1, -0.05) is 28.4 Å². The highest BCUT2D eigenvalue weighted by Gasteiger charge is 2.49. The van der Waals surface area contributed by atoms with E-state index in [1.807, 2.05) is 19.9 Å². The van der Waals surface area contributed by atoms with Crippen LogP contribution in [0.15, 0.2) is 10.5 Å². The van der Waals surface area contributed by atoms with E-state index in [0.717, 1.165) is 27.6 Å². The van der Waals surface area contributed by atoms with Gasteiger partial charge in [0.15, 0.2) is 0 Å². The molecule has 1 N–H and O–H groups in total. The molecule has 1 aliphatic rings. The Labute approximate surface area is 115 Å². The summed E-state index contributed by atoms with van der Waals surface area (Å²) in [6.45, 7) is 3.93. The summed E-state index contributed by atoms with van der Waals surface area (Å²) >= 11 is 3.54. The first-order valence-electron chi connectivity index (χ1n) is 6.01. The SMILES string of the molecule is COc1c(C)cc(C)c(Br)c1C1(C(=O)O)CCC1. The molecule has 2 rings (SSSR count). The fourth-order valence-electron chi connectivity index (χ4n) is 2.74. The molecule has 0 unspecified atom stereocenters. The zero-order valence-corrected chi connectivity index (χ0v) is 12.4. The van der Waals surface area contributed by atoms with Crippen molar-refractivity contribution in [3.8, 4) is 5.75 Å². The minimum absolute atomic E-state index is 0.681. The number of ether oxygens (including phenoxy) is 1. The Morgan fingerprint density at radius 1 is 1.39 bits per heavy atom. The molecular weight excluding hydrogens is 296 g/mol. The number of aliphatic carboxylic acids is 1. The van der Waals surface area contributed by atoms with Crippen LogP contribution < -0.4 is 4.74 Å². The molecule has 0 radical (unpaired) electrons. The lowest BCUT2D eigenvalue weighted by atomic mass is 9.63. The van der Waals surface area contributed by atoms with Gasteiger partial charge in [-0.15, -0.1) is 0 Å². The predicted molar refractivity (Wildman–Crippen MR) is 73.3 cm³/mol. The van der Waals surface area contributed by atoms with Crippen molar-refractivity contribution < 1.29 is 14.6 Å². The van der Waals surface area contributed by atoms with Gasteiger partial charge in [0.2, 0.25) is 0 Å². The number of hydrogen-bond acceptors (Lipinski definition) is 2. The van der Waals surface area contributed by atoms with Gasteiger partial charge in [-0.25, -0.2) is 0 Å². The van der Waals surface area contributed by atoms with Crippen LogP contribution in [0.25, 0.3) is 0 Å². The highest BCUT2D eigenvalue weighted by atomic mass is 79.9. The molecule has 0 saturated heterocycles. The second kappa shape index (κ2) is 4.57. The Morgan fingerprint density at radius 2 is 2.00 bits per heavy atom. The quantitative estimate of drug-likeness (QED) is 0.928. The van der Waals surface area contributed by atoms with Crippen molar-refractivity contribution in [3.05, 3.63) is 27.2 Å². The highest BCUT2D eigenvalue weighted by molar-refractivity contribution is 9.10. The molecule has 0 amide bonds. The summed E-state index contributed by atoms with van der Waals surface area (Å²) in [5.41, 5.74) is 2.07. The third-order valence-corrected chi connectivity index (χ3v) is 4.91. The van der Waals surface area contributed by atoms with Crippen molar-refractivity contribution >= 4 is 21.9 Å². The molecule has 1 aliphatic carbocycles. The van der Waals surface area contributed by atoms with Gasteiger partial charge in [-0.3, -0.25) is 4.79 Å². The van der Waals surface area contributed by atoms with Crippen LogP contribution in [0.2, 0.25) is 0 Å². The van der Waals surface area contributed by atoms with E-state index in [0.29, 0.717) is 18.6 Å². The lowest BCUT2D eigenvalue weighted by Crippen LogP contribution is -2.43. The first kappa shape index (κ1) is 13.4. The van der Waals surface area contributed by atoms with Crippen molar-refractivity contribution in [2.45, 2.75) is 38.5 Å². The maximum absolute atomic E-state index is 11.7. The molecule has 98 valence electrons. The van der Waals surface area contributed by atoms with E-state index in [9.17, 15) is 9.90 Å². The first-order valence-corrected chi connectivity index (χ1v) is 6.81. The molecule has 4 heteroatoms. The van der Waals surface area contributed by atoms with Crippen LogP contribution in [0.4, 0.5) is 0 Å². The zero-order valence-electron chi connectivity index (χ0n) is 10.8. The molecule has 1 fully saturated rings. The lowest BCUT2D eigenvalue weighted by molar-refractivity contribution is -0.147. The molecule has 18 heavy (non-hydrogen) atoms. The minimum Gasteiger partial charge on any atom is -0.496 e. The van der Waals surface area contributed by atoms with Crippen LogP contribution in [-0.2, 0) is 10.2 Å². The lowest BCUT2D eigenvalue weighted by Gasteiger charge is -2.40. The number of aryl methyl sites for hydroxylation is 2. The molecule has 0 atom stereocenters. The number of rotatable bonds is 3. The summed E-state index contributed by atoms with van der Waals surface area (Å²) in [6, 6.07) is 2.01. The van der Waals surface area contributed by atoms with Gasteiger partial charge in [0, 0.05) is 10.0 Å². The van der Waals surface area contributed by atoms with Crippen LogP contribution in [0.3, 0.4) is 0 Å². The molecule has 0 spiro atoms. The van der Waals surface area contributed by atoms with Gasteiger partial charge < -0.3 is 9.84 Å². The molecule has 1 aromatic rings. The standard InChI is InChI=1S/C14H17BrO3/c1-8-7-9(2)12(18-3)10(11(8)15)14(13(16)17)5-4-6-14/h7H,4-6H2,1-3H3,(H,16,17). The molecular formula is C14H17BrO3. The zero-order chi connectivity index (χ0) is 13.5. The molecule has 1 saturated carbocycles. The number of carbonyl (C=O) groups is 1. The van der Waals surface area contributed by atoms with Gasteiger partial charge in [-0.2, -0.15) is 0 Å². The molecule has 3 nitrogen and oxygen atoms in total. The highest BCUT2D eigenvalue weighted by Crippen LogP contribution is 2.51. The topological polar surface area (TPSA) is 46.5 Å². The molecule has 0 aliphatic heterocycles. The Balaban J connectivity index is 2.72. The van der Waals surface area contributed by atoms with Crippen LogP contribution in [0.5, 0.6) is 5.75 Å². The molecule has 0 bridgehead atoms. The van der Waals surface area contributed by atoms with E-state index in [1.165, 1.54) is 0 Å². The Hall–Kier alpha value is -1.03. The van der Waals surface area contributed by atoms with Crippen LogP contribution in [0, 0.1) is 13.8 Å². The second-order valence-electron chi connectivity index (χ2n) is 4.97. The van der Waals surface area contributed by atoms with Gasteiger partial charge >= 0.3 is 5.97 Å². The van der Waals surface area contributed by atoms with Gasteiger partial charge in [-0.05, 0) is 37.8 Å². The normalized spacial score (nSPS) is 17.1. The number of carboxylic acid groups (broad SMARTS) is 1. The maximum Gasteiger partial charge on any atom is 0.314 e. The van der Waals surface area contributed by atoms with E-state index < -0.39 is 11.4 Å².